The van der Waals surface area contributed by atoms with Gasteiger partial charge < -0.3 is 4.90 Å². The fourth-order valence-corrected chi connectivity index (χ4v) is 5.17. The SMILES string of the molecule is CC1CCc2nnc(N3CCC(Cn4nc5c(cc4=O)CCCC5)CC3)cc2C1. The molecule has 29 heavy (non-hydrogen) atoms. The summed E-state index contributed by atoms with van der Waals surface area (Å²) in [5, 5.41) is 13.7. The third-order valence-electron chi connectivity index (χ3n) is 7.03. The lowest BCUT2D eigenvalue weighted by atomic mass is 9.88. The van der Waals surface area contributed by atoms with E-state index >= 15 is 0 Å². The van der Waals surface area contributed by atoms with Crippen LogP contribution in [0.3, 0.4) is 0 Å². The topological polar surface area (TPSA) is 63.9 Å². The number of aromatic nitrogens is 4. The predicted octanol–water partition coefficient (Wildman–Crippen LogP) is 2.95. The average molecular weight is 394 g/mol. The monoisotopic (exact) mass is 393 g/mol. The summed E-state index contributed by atoms with van der Waals surface area (Å²) in [6.07, 6.45) is 9.96. The van der Waals surface area contributed by atoms with Gasteiger partial charge in [-0.2, -0.15) is 10.2 Å². The molecule has 1 atom stereocenters. The lowest BCUT2D eigenvalue weighted by molar-refractivity contribution is 0.331. The summed E-state index contributed by atoms with van der Waals surface area (Å²) in [5.74, 6) is 2.27. The molecule has 1 saturated heterocycles. The fraction of sp³-hybridized carbons (Fsp3) is 0.652. The lowest BCUT2D eigenvalue weighted by Gasteiger charge is -2.33. The number of nitrogens with zero attached hydrogens (tertiary/aromatic N) is 5. The molecule has 1 aliphatic heterocycles. The first kappa shape index (κ1) is 18.8. The molecule has 1 fully saturated rings. The van der Waals surface area contributed by atoms with Crippen LogP contribution in [-0.4, -0.2) is 33.1 Å². The lowest BCUT2D eigenvalue weighted by Crippen LogP contribution is -2.38. The highest BCUT2D eigenvalue weighted by atomic mass is 16.1. The Morgan fingerprint density at radius 2 is 1.79 bits per heavy atom. The number of rotatable bonds is 3. The maximum atomic E-state index is 12.5. The second kappa shape index (κ2) is 7.88. The normalized spacial score (nSPS) is 22.2. The molecule has 0 saturated carbocycles. The Morgan fingerprint density at radius 3 is 2.66 bits per heavy atom. The zero-order chi connectivity index (χ0) is 19.8. The van der Waals surface area contributed by atoms with Crippen LogP contribution in [0.4, 0.5) is 5.82 Å². The van der Waals surface area contributed by atoms with Crippen molar-refractivity contribution in [3.8, 4) is 0 Å². The highest BCUT2D eigenvalue weighted by molar-refractivity contribution is 5.42. The summed E-state index contributed by atoms with van der Waals surface area (Å²) in [6.45, 7) is 5.03. The zero-order valence-electron chi connectivity index (χ0n) is 17.4. The van der Waals surface area contributed by atoms with E-state index in [1.807, 2.05) is 6.07 Å². The molecule has 0 N–H and O–H groups in total. The molecule has 0 bridgehead atoms. The zero-order valence-corrected chi connectivity index (χ0v) is 17.4. The molecule has 154 valence electrons. The van der Waals surface area contributed by atoms with Crippen LogP contribution in [0, 0.1) is 11.8 Å². The number of anilines is 1. The molecule has 1 unspecified atom stereocenters. The van der Waals surface area contributed by atoms with Crippen molar-refractivity contribution in [3.05, 3.63) is 45.0 Å². The van der Waals surface area contributed by atoms with E-state index in [0.717, 1.165) is 75.6 Å². The van der Waals surface area contributed by atoms with E-state index < -0.39 is 0 Å². The van der Waals surface area contributed by atoms with E-state index in [1.165, 1.54) is 36.1 Å². The Bertz CT molecular complexity index is 945. The molecule has 0 spiro atoms. The second-order valence-electron chi connectivity index (χ2n) is 9.30. The summed E-state index contributed by atoms with van der Waals surface area (Å²) in [4.78, 5) is 14.9. The number of piperidine rings is 1. The van der Waals surface area contributed by atoms with Crippen molar-refractivity contribution in [2.75, 3.05) is 18.0 Å². The van der Waals surface area contributed by atoms with Crippen molar-refractivity contribution >= 4 is 5.82 Å². The summed E-state index contributed by atoms with van der Waals surface area (Å²) in [7, 11) is 0. The van der Waals surface area contributed by atoms with Gasteiger partial charge in [-0.1, -0.05) is 6.92 Å². The minimum absolute atomic E-state index is 0.0720. The quantitative estimate of drug-likeness (QED) is 0.802. The molecule has 3 aliphatic rings. The van der Waals surface area contributed by atoms with Crippen LogP contribution in [0.5, 0.6) is 0 Å². The van der Waals surface area contributed by atoms with Gasteiger partial charge in [0.25, 0.3) is 5.56 Å². The summed E-state index contributed by atoms with van der Waals surface area (Å²) in [5.41, 5.74) is 4.97. The van der Waals surface area contributed by atoms with Crippen molar-refractivity contribution in [1.29, 1.82) is 0 Å². The van der Waals surface area contributed by atoms with E-state index in [0.29, 0.717) is 5.92 Å². The molecule has 5 rings (SSSR count). The van der Waals surface area contributed by atoms with Crippen LogP contribution in [0.25, 0.3) is 0 Å². The van der Waals surface area contributed by atoms with Crippen LogP contribution < -0.4 is 10.5 Å². The van der Waals surface area contributed by atoms with Crippen LogP contribution in [0.15, 0.2) is 16.9 Å². The first-order valence-corrected chi connectivity index (χ1v) is 11.4. The number of aryl methyl sites for hydroxylation is 3. The molecule has 3 heterocycles. The maximum Gasteiger partial charge on any atom is 0.267 e. The van der Waals surface area contributed by atoms with E-state index in [1.54, 1.807) is 4.68 Å². The van der Waals surface area contributed by atoms with Crippen molar-refractivity contribution < 1.29 is 0 Å². The van der Waals surface area contributed by atoms with Gasteiger partial charge in [0.2, 0.25) is 0 Å². The summed E-state index contributed by atoms with van der Waals surface area (Å²) in [6, 6.07) is 4.11. The van der Waals surface area contributed by atoms with Gasteiger partial charge in [-0.05, 0) is 86.8 Å². The Hall–Kier alpha value is -2.24. The van der Waals surface area contributed by atoms with Gasteiger partial charge in [0.05, 0.1) is 11.4 Å². The molecule has 2 aromatic rings. The molecule has 0 radical (unpaired) electrons. The highest BCUT2D eigenvalue weighted by Gasteiger charge is 2.24. The van der Waals surface area contributed by atoms with Crippen LogP contribution >= 0.6 is 0 Å². The molecule has 6 heteroatoms. The Morgan fingerprint density at radius 1 is 0.966 bits per heavy atom. The third-order valence-corrected chi connectivity index (χ3v) is 7.03. The van der Waals surface area contributed by atoms with Gasteiger partial charge in [-0.3, -0.25) is 4.79 Å². The van der Waals surface area contributed by atoms with E-state index in [4.69, 9.17) is 5.10 Å². The minimum Gasteiger partial charge on any atom is -0.355 e. The molecule has 6 nitrogen and oxygen atoms in total. The first-order valence-electron chi connectivity index (χ1n) is 11.4. The minimum atomic E-state index is 0.0720. The van der Waals surface area contributed by atoms with Crippen molar-refractivity contribution in [2.24, 2.45) is 11.8 Å². The number of fused-ring (bicyclic) bond motifs is 2. The van der Waals surface area contributed by atoms with Gasteiger partial charge in [0.1, 0.15) is 0 Å². The van der Waals surface area contributed by atoms with Gasteiger partial charge in [-0.25, -0.2) is 4.68 Å². The smallest absolute Gasteiger partial charge is 0.267 e. The molecule has 2 aliphatic carbocycles. The first-order chi connectivity index (χ1) is 14.2. The van der Waals surface area contributed by atoms with Gasteiger partial charge >= 0.3 is 0 Å². The standard InChI is InChI=1S/C23H31N5O/c1-16-6-7-20-19(12-16)13-22(25-24-20)27-10-8-17(9-11-27)15-28-23(29)14-18-4-2-3-5-21(18)26-28/h13-14,16-17H,2-12,15H2,1H3. The van der Waals surface area contributed by atoms with Gasteiger partial charge in [0, 0.05) is 25.7 Å². The van der Waals surface area contributed by atoms with Crippen molar-refractivity contribution in [2.45, 2.75) is 71.3 Å². The number of hydrogen-bond acceptors (Lipinski definition) is 5. The molecule has 0 amide bonds. The van der Waals surface area contributed by atoms with Crippen molar-refractivity contribution in [3.63, 3.8) is 0 Å². The third kappa shape index (κ3) is 3.94. The molecular formula is C23H31N5O. The van der Waals surface area contributed by atoms with Crippen LogP contribution in [0.2, 0.25) is 0 Å². The summed E-state index contributed by atoms with van der Waals surface area (Å²) >= 11 is 0. The largest absolute Gasteiger partial charge is 0.355 e. The Balaban J connectivity index is 1.23. The Kier molecular flexibility index (Phi) is 5.10. The van der Waals surface area contributed by atoms with E-state index in [-0.39, 0.29) is 5.56 Å². The average Bonchev–Trinajstić information content (AvgIpc) is 2.74. The van der Waals surface area contributed by atoms with Crippen LogP contribution in [-0.2, 0) is 32.2 Å². The molecule has 2 aromatic heterocycles. The molecule has 0 aromatic carbocycles. The predicted molar refractivity (Wildman–Crippen MR) is 113 cm³/mol. The van der Waals surface area contributed by atoms with Gasteiger partial charge in [-0.15, -0.1) is 5.10 Å². The highest BCUT2D eigenvalue weighted by Crippen LogP contribution is 2.28. The van der Waals surface area contributed by atoms with E-state index in [2.05, 4.69) is 28.1 Å². The van der Waals surface area contributed by atoms with Crippen molar-refractivity contribution in [1.82, 2.24) is 20.0 Å². The van der Waals surface area contributed by atoms with E-state index in [9.17, 15) is 4.79 Å². The fourth-order valence-electron chi connectivity index (χ4n) is 5.17. The Labute approximate surface area is 172 Å². The molecular weight excluding hydrogens is 362 g/mol. The van der Waals surface area contributed by atoms with Gasteiger partial charge in [0.15, 0.2) is 5.82 Å². The number of hydrogen-bond donors (Lipinski definition) is 0. The summed E-state index contributed by atoms with van der Waals surface area (Å²) < 4.78 is 1.73. The maximum absolute atomic E-state index is 12.5. The van der Waals surface area contributed by atoms with Crippen LogP contribution in [0.1, 0.15) is 61.5 Å². The second-order valence-corrected chi connectivity index (χ2v) is 9.30.